The number of nitrogens with one attached hydrogen (secondary N) is 2. The first-order valence-corrected chi connectivity index (χ1v) is 5.92. The summed E-state index contributed by atoms with van der Waals surface area (Å²) in [5.74, 6) is 0. The highest BCUT2D eigenvalue weighted by atomic mass is 35.5. The van der Waals surface area contributed by atoms with Gasteiger partial charge in [-0.1, -0.05) is 23.7 Å². The Morgan fingerprint density at radius 2 is 1.76 bits per heavy atom. The predicted molar refractivity (Wildman–Crippen MR) is 74.8 cm³/mol. The van der Waals surface area contributed by atoms with Crippen molar-refractivity contribution in [1.82, 2.24) is 0 Å². The van der Waals surface area contributed by atoms with E-state index in [1.165, 1.54) is 5.56 Å². The highest BCUT2D eigenvalue weighted by Crippen LogP contribution is 2.15. The van der Waals surface area contributed by atoms with Crippen LogP contribution in [0.25, 0.3) is 0 Å². The molecule has 0 aromatic heterocycles. The molecule has 0 fully saturated rings. The molecular weight excluding hydrogens is 232 g/mol. The Kier molecular flexibility index (Phi) is 3.89. The van der Waals surface area contributed by atoms with Gasteiger partial charge in [-0.2, -0.15) is 0 Å². The Balaban J connectivity index is 1.99. The molecule has 17 heavy (non-hydrogen) atoms. The molecular formula is C14H15ClN2. The average Bonchev–Trinajstić information content (AvgIpc) is 2.38. The smallest absolute Gasteiger partial charge is 0.0407 e. The Hall–Kier alpha value is -1.67. The molecule has 3 heteroatoms. The van der Waals surface area contributed by atoms with Gasteiger partial charge in [0.05, 0.1) is 0 Å². The van der Waals surface area contributed by atoms with Crippen LogP contribution < -0.4 is 10.6 Å². The van der Waals surface area contributed by atoms with Gasteiger partial charge in [-0.05, 0) is 42.0 Å². The van der Waals surface area contributed by atoms with Crippen LogP contribution in [0.15, 0.2) is 48.5 Å². The summed E-state index contributed by atoms with van der Waals surface area (Å²) in [4.78, 5) is 0. The van der Waals surface area contributed by atoms with Crippen molar-refractivity contribution in [1.29, 1.82) is 0 Å². The fourth-order valence-electron chi connectivity index (χ4n) is 1.61. The molecule has 0 saturated heterocycles. The summed E-state index contributed by atoms with van der Waals surface area (Å²) in [6, 6.07) is 16.0. The first-order valence-electron chi connectivity index (χ1n) is 5.54. The van der Waals surface area contributed by atoms with E-state index in [-0.39, 0.29) is 0 Å². The third-order valence-corrected chi connectivity index (χ3v) is 2.81. The van der Waals surface area contributed by atoms with Gasteiger partial charge in [0, 0.05) is 30.0 Å². The molecule has 0 radical (unpaired) electrons. The van der Waals surface area contributed by atoms with Crippen molar-refractivity contribution < 1.29 is 0 Å². The van der Waals surface area contributed by atoms with Crippen LogP contribution in [0.5, 0.6) is 0 Å². The lowest BCUT2D eigenvalue weighted by atomic mass is 10.2. The summed E-state index contributed by atoms with van der Waals surface area (Å²) >= 11 is 5.83. The van der Waals surface area contributed by atoms with Gasteiger partial charge in [-0.3, -0.25) is 0 Å². The number of hydrogen-bond donors (Lipinski definition) is 2. The maximum Gasteiger partial charge on any atom is 0.0407 e. The minimum atomic E-state index is 0.757. The molecule has 0 aliphatic rings. The lowest BCUT2D eigenvalue weighted by molar-refractivity contribution is 1.15. The molecule has 0 aliphatic carbocycles. The highest BCUT2D eigenvalue weighted by Gasteiger charge is 1.95. The second-order valence-electron chi connectivity index (χ2n) is 3.81. The summed E-state index contributed by atoms with van der Waals surface area (Å²) in [5.41, 5.74) is 3.44. The van der Waals surface area contributed by atoms with E-state index in [9.17, 15) is 0 Å². The molecule has 0 spiro atoms. The quantitative estimate of drug-likeness (QED) is 0.852. The Morgan fingerprint density at radius 3 is 2.47 bits per heavy atom. The van der Waals surface area contributed by atoms with Crippen LogP contribution in [-0.2, 0) is 6.54 Å². The number of benzene rings is 2. The Morgan fingerprint density at radius 1 is 1.00 bits per heavy atom. The van der Waals surface area contributed by atoms with E-state index in [0.717, 1.165) is 22.9 Å². The molecule has 0 atom stereocenters. The van der Waals surface area contributed by atoms with Gasteiger partial charge in [-0.15, -0.1) is 0 Å². The maximum absolute atomic E-state index is 5.83. The monoisotopic (exact) mass is 246 g/mol. The molecule has 0 amide bonds. The van der Waals surface area contributed by atoms with Gasteiger partial charge in [0.25, 0.3) is 0 Å². The predicted octanol–water partition coefficient (Wildman–Crippen LogP) is 3.99. The molecule has 88 valence electrons. The van der Waals surface area contributed by atoms with Crippen molar-refractivity contribution in [3.63, 3.8) is 0 Å². The topological polar surface area (TPSA) is 24.1 Å². The normalized spacial score (nSPS) is 10.0. The molecule has 0 heterocycles. The zero-order valence-electron chi connectivity index (χ0n) is 9.70. The molecule has 2 rings (SSSR count). The summed E-state index contributed by atoms with van der Waals surface area (Å²) < 4.78 is 0. The third kappa shape index (κ3) is 3.40. The molecule has 2 nitrogen and oxygen atoms in total. The standard InChI is InChI=1S/C14H15ClN2/c1-16-14-4-2-3-11(9-14)10-17-13-7-5-12(15)6-8-13/h2-9,16-17H,10H2,1H3. The second-order valence-corrected chi connectivity index (χ2v) is 4.25. The van der Waals surface area contributed by atoms with Crippen molar-refractivity contribution in [2.75, 3.05) is 17.7 Å². The molecule has 0 aliphatic heterocycles. The number of hydrogen-bond acceptors (Lipinski definition) is 2. The van der Waals surface area contributed by atoms with E-state index in [1.54, 1.807) is 0 Å². The molecule has 0 bridgehead atoms. The molecule has 2 aromatic rings. The van der Waals surface area contributed by atoms with E-state index in [4.69, 9.17) is 11.6 Å². The lowest BCUT2D eigenvalue weighted by Crippen LogP contribution is -1.99. The number of halogens is 1. The Labute approximate surface area is 107 Å². The van der Waals surface area contributed by atoms with Gasteiger partial charge < -0.3 is 10.6 Å². The highest BCUT2D eigenvalue weighted by molar-refractivity contribution is 6.30. The first kappa shape index (κ1) is 11.8. The van der Waals surface area contributed by atoms with Crippen LogP contribution in [0.4, 0.5) is 11.4 Å². The Bertz CT molecular complexity index is 480. The minimum absolute atomic E-state index is 0.757. The summed E-state index contributed by atoms with van der Waals surface area (Å²) in [5, 5.41) is 7.24. The fraction of sp³-hybridized carbons (Fsp3) is 0.143. The van der Waals surface area contributed by atoms with E-state index in [2.05, 4.69) is 22.8 Å². The average molecular weight is 247 g/mol. The SMILES string of the molecule is CNc1cccc(CNc2ccc(Cl)cc2)c1. The van der Waals surface area contributed by atoms with Crippen LogP contribution in [0.2, 0.25) is 5.02 Å². The molecule has 0 unspecified atom stereocenters. The zero-order chi connectivity index (χ0) is 12.1. The van der Waals surface area contributed by atoms with Gasteiger partial charge >= 0.3 is 0 Å². The van der Waals surface area contributed by atoms with Crippen molar-refractivity contribution in [3.05, 3.63) is 59.1 Å². The third-order valence-electron chi connectivity index (χ3n) is 2.56. The summed E-state index contributed by atoms with van der Waals surface area (Å²) in [7, 11) is 1.92. The molecule has 2 N–H and O–H groups in total. The van der Waals surface area contributed by atoms with Crippen LogP contribution in [0.3, 0.4) is 0 Å². The van der Waals surface area contributed by atoms with E-state index in [1.807, 2.05) is 43.4 Å². The minimum Gasteiger partial charge on any atom is -0.388 e. The van der Waals surface area contributed by atoms with Crippen LogP contribution in [0, 0.1) is 0 Å². The lowest BCUT2D eigenvalue weighted by Gasteiger charge is -2.08. The van der Waals surface area contributed by atoms with Crippen molar-refractivity contribution in [3.8, 4) is 0 Å². The largest absolute Gasteiger partial charge is 0.388 e. The van der Waals surface area contributed by atoms with Gasteiger partial charge in [0.1, 0.15) is 0 Å². The molecule has 0 saturated carbocycles. The first-order chi connectivity index (χ1) is 8.28. The second kappa shape index (κ2) is 5.60. The van der Waals surface area contributed by atoms with E-state index in [0.29, 0.717) is 0 Å². The van der Waals surface area contributed by atoms with Crippen molar-refractivity contribution in [2.24, 2.45) is 0 Å². The van der Waals surface area contributed by atoms with Gasteiger partial charge in [-0.25, -0.2) is 0 Å². The zero-order valence-corrected chi connectivity index (χ0v) is 10.5. The van der Waals surface area contributed by atoms with Crippen molar-refractivity contribution in [2.45, 2.75) is 6.54 Å². The van der Waals surface area contributed by atoms with Crippen LogP contribution in [-0.4, -0.2) is 7.05 Å². The van der Waals surface area contributed by atoms with Crippen LogP contribution >= 0.6 is 11.6 Å². The number of anilines is 2. The number of rotatable bonds is 4. The maximum atomic E-state index is 5.83. The summed E-state index contributed by atoms with van der Waals surface area (Å²) in [6.07, 6.45) is 0. The van der Waals surface area contributed by atoms with Gasteiger partial charge in [0.15, 0.2) is 0 Å². The van der Waals surface area contributed by atoms with Crippen LogP contribution in [0.1, 0.15) is 5.56 Å². The van der Waals surface area contributed by atoms with E-state index >= 15 is 0 Å². The van der Waals surface area contributed by atoms with E-state index < -0.39 is 0 Å². The molecule has 2 aromatic carbocycles. The van der Waals surface area contributed by atoms with Gasteiger partial charge in [0.2, 0.25) is 0 Å². The van der Waals surface area contributed by atoms with Crippen molar-refractivity contribution >= 4 is 23.0 Å². The fourth-order valence-corrected chi connectivity index (χ4v) is 1.73. The summed E-state index contributed by atoms with van der Waals surface area (Å²) in [6.45, 7) is 0.803.